The average Bonchev–Trinajstić information content (AvgIpc) is 3.02. The number of aromatic nitrogens is 2. The number of alkyl halides is 2. The molecule has 2 aromatic heterocycles. The maximum Gasteiger partial charge on any atom is 0.274 e. The summed E-state index contributed by atoms with van der Waals surface area (Å²) in [5.74, 6) is -2.50. The van der Waals surface area contributed by atoms with Gasteiger partial charge in [-0.1, -0.05) is 18.2 Å². The predicted octanol–water partition coefficient (Wildman–Crippen LogP) is 6.34. The Hall–Kier alpha value is -4.25. The summed E-state index contributed by atoms with van der Waals surface area (Å²) >= 11 is 0. The van der Waals surface area contributed by atoms with Gasteiger partial charge in [0.2, 0.25) is 0 Å². The molecule has 1 saturated heterocycles. The first-order chi connectivity index (χ1) is 21.6. The number of nitrogens with one attached hydrogen (secondary N) is 1. The van der Waals surface area contributed by atoms with E-state index in [1.807, 2.05) is 86.3 Å². The number of rotatable bonds is 11. The molecular formula is C35H39F2N5O3. The number of pyridine rings is 2. The zero-order valence-corrected chi connectivity index (χ0v) is 25.8. The number of hydrogen-bond acceptors (Lipinski definition) is 7. The third kappa shape index (κ3) is 8.69. The molecular weight excluding hydrogens is 576 g/mol. The summed E-state index contributed by atoms with van der Waals surface area (Å²) < 4.78 is 39.3. The maximum atomic E-state index is 14.0. The highest BCUT2D eigenvalue weighted by Crippen LogP contribution is 2.30. The molecule has 3 heterocycles. The van der Waals surface area contributed by atoms with E-state index in [4.69, 9.17) is 15.2 Å². The van der Waals surface area contributed by atoms with Crippen LogP contribution < -0.4 is 15.8 Å². The number of amides is 1. The first-order valence-corrected chi connectivity index (χ1v) is 15.1. The lowest BCUT2D eigenvalue weighted by atomic mass is 9.99. The van der Waals surface area contributed by atoms with Gasteiger partial charge in [0, 0.05) is 55.4 Å². The second kappa shape index (κ2) is 14.2. The second-order valence-corrected chi connectivity index (χ2v) is 11.6. The van der Waals surface area contributed by atoms with E-state index in [1.54, 1.807) is 18.5 Å². The highest BCUT2D eigenvalue weighted by molar-refractivity contribution is 6.03. The van der Waals surface area contributed by atoms with Crippen molar-refractivity contribution in [2.75, 3.05) is 31.6 Å². The van der Waals surface area contributed by atoms with Crippen LogP contribution >= 0.6 is 0 Å². The summed E-state index contributed by atoms with van der Waals surface area (Å²) in [6, 6.07) is 19.6. The fourth-order valence-corrected chi connectivity index (χ4v) is 5.17. The van der Waals surface area contributed by atoms with Gasteiger partial charge in [0.05, 0.1) is 18.8 Å². The number of hydrogen-bond donors (Lipinski definition) is 2. The summed E-state index contributed by atoms with van der Waals surface area (Å²) in [6.45, 7) is 7.58. The van der Waals surface area contributed by atoms with Gasteiger partial charge < -0.3 is 20.5 Å². The molecule has 0 bridgehead atoms. The van der Waals surface area contributed by atoms with Crippen molar-refractivity contribution in [2.24, 2.45) is 5.73 Å². The third-order valence-electron chi connectivity index (χ3n) is 7.64. The first-order valence-electron chi connectivity index (χ1n) is 15.1. The summed E-state index contributed by atoms with van der Waals surface area (Å²) in [7, 11) is 0. The van der Waals surface area contributed by atoms with Crippen molar-refractivity contribution in [3.8, 4) is 28.0 Å². The average molecular weight is 616 g/mol. The first kappa shape index (κ1) is 32.2. The van der Waals surface area contributed by atoms with Crippen LogP contribution in [0.15, 0.2) is 79.1 Å². The fraction of sp³-hybridized carbons (Fsp3) is 0.343. The summed E-state index contributed by atoms with van der Waals surface area (Å²) in [5.41, 5.74) is 11.8. The van der Waals surface area contributed by atoms with Crippen molar-refractivity contribution < 1.29 is 23.0 Å². The molecule has 10 heteroatoms. The Morgan fingerprint density at radius 3 is 2.49 bits per heavy atom. The molecule has 8 nitrogen and oxygen atoms in total. The number of nitrogens with two attached hydrogens (primary N) is 1. The van der Waals surface area contributed by atoms with Crippen molar-refractivity contribution in [1.82, 2.24) is 14.9 Å². The van der Waals surface area contributed by atoms with Gasteiger partial charge in [0.1, 0.15) is 18.1 Å². The second-order valence-electron chi connectivity index (χ2n) is 11.6. The third-order valence-corrected chi connectivity index (χ3v) is 7.64. The topological polar surface area (TPSA) is 103 Å². The molecule has 1 aliphatic rings. The molecule has 1 atom stereocenters. The van der Waals surface area contributed by atoms with Gasteiger partial charge in [-0.15, -0.1) is 0 Å². The van der Waals surface area contributed by atoms with E-state index in [1.165, 1.54) is 0 Å². The minimum atomic E-state index is -2.87. The number of ether oxygens (including phenoxy) is 2. The van der Waals surface area contributed by atoms with Gasteiger partial charge >= 0.3 is 0 Å². The van der Waals surface area contributed by atoms with E-state index in [0.717, 1.165) is 39.3 Å². The van der Waals surface area contributed by atoms with Crippen molar-refractivity contribution in [3.05, 3.63) is 96.1 Å². The number of nitrogens with zero attached hydrogens (tertiary/aromatic N) is 3. The van der Waals surface area contributed by atoms with E-state index in [9.17, 15) is 13.6 Å². The Morgan fingerprint density at radius 2 is 1.78 bits per heavy atom. The SMILES string of the molecule is Cc1ccc(-c2cc(CN3CCC(F)(F)C(N)C3)cc(NC(=O)c3cc(-c4ccc(OCCOC(C)C)cc4)ccn3)c2)cn1. The normalized spacial score (nSPS) is 16.5. The fourth-order valence-electron chi connectivity index (χ4n) is 5.17. The number of benzene rings is 2. The van der Waals surface area contributed by atoms with E-state index < -0.39 is 12.0 Å². The van der Waals surface area contributed by atoms with Crippen molar-refractivity contribution in [2.45, 2.75) is 51.8 Å². The van der Waals surface area contributed by atoms with Gasteiger partial charge in [-0.3, -0.25) is 19.7 Å². The summed E-state index contributed by atoms with van der Waals surface area (Å²) in [6.07, 6.45) is 3.25. The molecule has 5 rings (SSSR count). The zero-order chi connectivity index (χ0) is 32.0. The molecule has 1 fully saturated rings. The molecule has 236 valence electrons. The monoisotopic (exact) mass is 615 g/mol. The number of carbonyl (C=O) groups is 1. The van der Waals surface area contributed by atoms with Crippen LogP contribution in [-0.2, 0) is 11.3 Å². The van der Waals surface area contributed by atoms with Gasteiger partial charge in [-0.2, -0.15) is 0 Å². The highest BCUT2D eigenvalue weighted by atomic mass is 19.3. The molecule has 0 spiro atoms. The van der Waals surface area contributed by atoms with Crippen molar-refractivity contribution in [3.63, 3.8) is 0 Å². The standard InChI is InChI=1S/C35H39F2N5O3/c1-23(2)44-14-15-45-31-8-6-26(7-9-31)27-10-12-39-32(19-27)34(43)41-30-17-25(21-42-13-11-35(36,37)33(38)22-42)16-29(18-30)28-5-4-24(3)40-20-28/h4-10,12,16-20,23,33H,11,13-15,21-22,38H2,1-3H3,(H,41,43). The van der Waals surface area contributed by atoms with Crippen LogP contribution in [0.25, 0.3) is 22.3 Å². The number of anilines is 1. The quantitative estimate of drug-likeness (QED) is 0.190. The van der Waals surface area contributed by atoms with Crippen molar-refractivity contribution in [1.29, 1.82) is 0 Å². The summed E-state index contributed by atoms with van der Waals surface area (Å²) in [5, 5.41) is 2.99. The van der Waals surface area contributed by atoms with Crippen LogP contribution in [0.2, 0.25) is 0 Å². The lowest BCUT2D eigenvalue weighted by molar-refractivity contribution is -0.0738. The number of piperidine rings is 1. The van der Waals surface area contributed by atoms with Crippen LogP contribution in [0, 0.1) is 6.92 Å². The Morgan fingerprint density at radius 1 is 1.00 bits per heavy atom. The lowest BCUT2D eigenvalue weighted by Crippen LogP contribution is -2.54. The van der Waals surface area contributed by atoms with Gasteiger partial charge in [0.25, 0.3) is 11.8 Å². The Kier molecular flexibility index (Phi) is 10.2. The molecule has 1 unspecified atom stereocenters. The predicted molar refractivity (Wildman–Crippen MR) is 171 cm³/mol. The number of halogens is 2. The van der Waals surface area contributed by atoms with Crippen LogP contribution in [0.1, 0.15) is 42.0 Å². The Balaban J connectivity index is 1.32. The molecule has 0 aliphatic carbocycles. The molecule has 4 aromatic rings. The number of carbonyl (C=O) groups excluding carboxylic acids is 1. The van der Waals surface area contributed by atoms with Gasteiger partial charge in [-0.05, 0) is 91.6 Å². The molecule has 0 radical (unpaired) electrons. The molecule has 3 N–H and O–H groups in total. The van der Waals surface area contributed by atoms with Gasteiger partial charge in [-0.25, -0.2) is 8.78 Å². The number of likely N-dealkylation sites (tertiary alicyclic amines) is 1. The number of aryl methyl sites for hydroxylation is 1. The lowest BCUT2D eigenvalue weighted by Gasteiger charge is -2.36. The van der Waals surface area contributed by atoms with Crippen LogP contribution in [0.4, 0.5) is 14.5 Å². The molecule has 2 aromatic carbocycles. The Labute approximate surface area is 262 Å². The van der Waals surface area contributed by atoms with Gasteiger partial charge in [0.15, 0.2) is 0 Å². The van der Waals surface area contributed by atoms with Crippen molar-refractivity contribution >= 4 is 11.6 Å². The molecule has 0 saturated carbocycles. The van der Waals surface area contributed by atoms with Crippen LogP contribution in [-0.4, -0.2) is 65.1 Å². The molecule has 1 aliphatic heterocycles. The van der Waals surface area contributed by atoms with E-state index in [2.05, 4.69) is 15.3 Å². The van der Waals surface area contributed by atoms with Crippen LogP contribution in [0.3, 0.4) is 0 Å². The minimum absolute atomic E-state index is 0.0847. The molecule has 45 heavy (non-hydrogen) atoms. The van der Waals surface area contributed by atoms with E-state index in [0.29, 0.717) is 25.4 Å². The smallest absolute Gasteiger partial charge is 0.274 e. The van der Waals surface area contributed by atoms with E-state index in [-0.39, 0.29) is 37.2 Å². The minimum Gasteiger partial charge on any atom is -0.491 e. The highest BCUT2D eigenvalue weighted by Gasteiger charge is 2.41. The van der Waals surface area contributed by atoms with E-state index >= 15 is 0 Å². The summed E-state index contributed by atoms with van der Waals surface area (Å²) in [4.78, 5) is 24.1. The zero-order valence-electron chi connectivity index (χ0n) is 25.8. The Bertz CT molecular complexity index is 1600. The maximum absolute atomic E-state index is 14.0. The van der Waals surface area contributed by atoms with Crippen LogP contribution in [0.5, 0.6) is 5.75 Å². The molecule has 1 amide bonds. The largest absolute Gasteiger partial charge is 0.491 e.